The number of hydrogen-bond acceptors (Lipinski definition) is 4. The van der Waals surface area contributed by atoms with Gasteiger partial charge in [0.05, 0.1) is 5.41 Å². The summed E-state index contributed by atoms with van der Waals surface area (Å²) < 4.78 is 0. The third-order valence-corrected chi connectivity index (χ3v) is 7.47. The van der Waals surface area contributed by atoms with Crippen LogP contribution < -0.4 is 5.32 Å². The van der Waals surface area contributed by atoms with E-state index >= 15 is 0 Å². The van der Waals surface area contributed by atoms with Crippen LogP contribution in [0.15, 0.2) is 24.5 Å². The summed E-state index contributed by atoms with van der Waals surface area (Å²) in [5, 5.41) is 3.01. The van der Waals surface area contributed by atoms with Crippen molar-refractivity contribution in [1.82, 2.24) is 25.0 Å². The molecule has 7 heteroatoms. The van der Waals surface area contributed by atoms with Gasteiger partial charge in [0.1, 0.15) is 0 Å². The van der Waals surface area contributed by atoms with Gasteiger partial charge in [0, 0.05) is 69.7 Å². The van der Waals surface area contributed by atoms with Crippen LogP contribution in [0.25, 0.3) is 0 Å². The van der Waals surface area contributed by atoms with Crippen molar-refractivity contribution in [3.8, 4) is 0 Å². The molecular formula is C23H35N5O2. The second kappa shape index (κ2) is 8.17. The van der Waals surface area contributed by atoms with E-state index in [1.54, 1.807) is 6.20 Å². The van der Waals surface area contributed by atoms with Crippen molar-refractivity contribution in [2.75, 3.05) is 39.3 Å². The SMILES string of the molecule is CCN1CC[C@@]2(CN(Cc3cccnc3)CC23CCN(C(=O)NC(C)C)CC3)C1=O. The molecular weight excluding hydrogens is 378 g/mol. The number of amides is 3. The number of hydrogen-bond donors (Lipinski definition) is 1. The molecule has 30 heavy (non-hydrogen) atoms. The van der Waals surface area contributed by atoms with Crippen LogP contribution in [0.2, 0.25) is 0 Å². The highest BCUT2D eigenvalue weighted by atomic mass is 16.2. The fraction of sp³-hybridized carbons (Fsp3) is 0.696. The topological polar surface area (TPSA) is 68.8 Å². The maximum atomic E-state index is 13.6. The van der Waals surface area contributed by atoms with Gasteiger partial charge in [-0.2, -0.15) is 0 Å². The minimum Gasteiger partial charge on any atom is -0.342 e. The molecule has 164 valence electrons. The highest BCUT2D eigenvalue weighted by molar-refractivity contribution is 5.87. The van der Waals surface area contributed by atoms with Crippen molar-refractivity contribution in [3.63, 3.8) is 0 Å². The number of likely N-dealkylation sites (tertiary alicyclic amines) is 3. The molecule has 7 nitrogen and oxygen atoms in total. The molecule has 0 bridgehead atoms. The Labute approximate surface area is 179 Å². The fourth-order valence-corrected chi connectivity index (χ4v) is 5.94. The second-order valence-electron chi connectivity index (χ2n) is 9.59. The normalized spacial score (nSPS) is 26.3. The Kier molecular flexibility index (Phi) is 5.75. The van der Waals surface area contributed by atoms with Gasteiger partial charge in [0.2, 0.25) is 5.91 Å². The number of nitrogens with one attached hydrogen (secondary N) is 1. The zero-order valence-corrected chi connectivity index (χ0v) is 18.6. The van der Waals surface area contributed by atoms with E-state index < -0.39 is 0 Å². The van der Waals surface area contributed by atoms with Gasteiger partial charge in [-0.1, -0.05) is 6.07 Å². The molecule has 1 atom stereocenters. The van der Waals surface area contributed by atoms with E-state index in [0.717, 1.165) is 65.1 Å². The van der Waals surface area contributed by atoms with Gasteiger partial charge in [0.25, 0.3) is 0 Å². The number of piperidine rings is 1. The molecule has 0 aliphatic carbocycles. The summed E-state index contributed by atoms with van der Waals surface area (Å²) in [7, 11) is 0. The second-order valence-corrected chi connectivity index (χ2v) is 9.59. The lowest BCUT2D eigenvalue weighted by Crippen LogP contribution is -2.55. The Hall–Kier alpha value is -2.15. The van der Waals surface area contributed by atoms with Crippen LogP contribution in [0.5, 0.6) is 0 Å². The average Bonchev–Trinajstić information content (AvgIpc) is 3.20. The zero-order valence-electron chi connectivity index (χ0n) is 18.6. The lowest BCUT2D eigenvalue weighted by molar-refractivity contribution is -0.141. The standard InChI is InChI=1S/C23H35N5O2/c1-4-27-13-9-23(20(27)29)17-26(15-19-6-5-10-24-14-19)16-22(23)7-11-28(12-8-22)21(30)25-18(2)3/h5-6,10,14,18H,4,7-9,11-13,15-17H2,1-3H3,(H,25,30)/t23-/m1/s1. The average molecular weight is 414 g/mol. The Morgan fingerprint density at radius 1 is 1.20 bits per heavy atom. The summed E-state index contributed by atoms with van der Waals surface area (Å²) >= 11 is 0. The predicted molar refractivity (Wildman–Crippen MR) is 116 cm³/mol. The lowest BCUT2D eigenvalue weighted by Gasteiger charge is -2.47. The molecule has 3 fully saturated rings. The minimum atomic E-state index is -0.314. The zero-order chi connectivity index (χ0) is 21.4. The van der Waals surface area contributed by atoms with E-state index in [1.807, 2.05) is 35.9 Å². The van der Waals surface area contributed by atoms with E-state index in [0.29, 0.717) is 5.91 Å². The van der Waals surface area contributed by atoms with E-state index in [4.69, 9.17) is 0 Å². The molecule has 1 N–H and O–H groups in total. The van der Waals surface area contributed by atoms with Crippen LogP contribution in [-0.4, -0.2) is 76.9 Å². The Bertz CT molecular complexity index is 775. The Morgan fingerprint density at radius 3 is 2.57 bits per heavy atom. The molecule has 3 aliphatic rings. The molecule has 3 amide bonds. The predicted octanol–water partition coefficient (Wildman–Crippen LogP) is 2.34. The first-order valence-electron chi connectivity index (χ1n) is 11.4. The van der Waals surface area contributed by atoms with Crippen molar-refractivity contribution in [2.45, 2.75) is 52.6 Å². The molecule has 0 saturated carbocycles. The number of carbonyl (C=O) groups excluding carboxylic acids is 2. The van der Waals surface area contributed by atoms with E-state index in [1.165, 1.54) is 5.56 Å². The van der Waals surface area contributed by atoms with Crippen LogP contribution in [0, 0.1) is 10.8 Å². The molecule has 0 radical (unpaired) electrons. The molecule has 4 heterocycles. The van der Waals surface area contributed by atoms with Crippen LogP contribution in [0.4, 0.5) is 4.79 Å². The van der Waals surface area contributed by atoms with Crippen molar-refractivity contribution in [3.05, 3.63) is 30.1 Å². The van der Waals surface area contributed by atoms with Gasteiger partial charge in [-0.05, 0) is 51.7 Å². The highest BCUT2D eigenvalue weighted by Crippen LogP contribution is 2.58. The van der Waals surface area contributed by atoms with Gasteiger partial charge in [0.15, 0.2) is 0 Å². The van der Waals surface area contributed by atoms with E-state index in [9.17, 15) is 9.59 Å². The number of urea groups is 1. The quantitative estimate of drug-likeness (QED) is 0.823. The minimum absolute atomic E-state index is 0.0204. The van der Waals surface area contributed by atoms with E-state index in [2.05, 4.69) is 28.2 Å². The number of nitrogens with zero attached hydrogens (tertiary/aromatic N) is 4. The summed E-state index contributed by atoms with van der Waals surface area (Å²) in [5.41, 5.74) is 0.827. The maximum absolute atomic E-state index is 13.6. The number of aromatic nitrogens is 1. The van der Waals surface area contributed by atoms with Crippen molar-refractivity contribution in [1.29, 1.82) is 0 Å². The highest BCUT2D eigenvalue weighted by Gasteiger charge is 2.64. The van der Waals surface area contributed by atoms with E-state index in [-0.39, 0.29) is 22.9 Å². The van der Waals surface area contributed by atoms with Gasteiger partial charge in [-0.25, -0.2) is 4.79 Å². The third kappa shape index (κ3) is 3.57. The molecule has 0 aromatic carbocycles. The van der Waals surface area contributed by atoms with Crippen LogP contribution in [-0.2, 0) is 11.3 Å². The van der Waals surface area contributed by atoms with Gasteiger partial charge >= 0.3 is 6.03 Å². The molecule has 1 aromatic rings. The van der Waals surface area contributed by atoms with Crippen molar-refractivity contribution >= 4 is 11.9 Å². The van der Waals surface area contributed by atoms with Gasteiger partial charge in [-0.3, -0.25) is 14.7 Å². The number of rotatable bonds is 4. The van der Waals surface area contributed by atoms with Gasteiger partial charge in [-0.15, -0.1) is 0 Å². The summed E-state index contributed by atoms with van der Waals surface area (Å²) in [6.45, 7) is 11.7. The summed E-state index contributed by atoms with van der Waals surface area (Å²) in [6, 6.07) is 4.24. The van der Waals surface area contributed by atoms with Crippen molar-refractivity contribution < 1.29 is 9.59 Å². The van der Waals surface area contributed by atoms with Crippen LogP contribution in [0.1, 0.15) is 45.6 Å². The monoisotopic (exact) mass is 413 g/mol. The first kappa shape index (κ1) is 21.1. The summed E-state index contributed by atoms with van der Waals surface area (Å²) in [5.74, 6) is 0.332. The maximum Gasteiger partial charge on any atom is 0.317 e. The summed E-state index contributed by atoms with van der Waals surface area (Å²) in [6.07, 6.45) is 6.44. The molecule has 2 spiro atoms. The number of fused-ring (bicyclic) bond motifs is 1. The Morgan fingerprint density at radius 2 is 1.97 bits per heavy atom. The largest absolute Gasteiger partial charge is 0.342 e. The third-order valence-electron chi connectivity index (χ3n) is 7.47. The smallest absolute Gasteiger partial charge is 0.317 e. The molecule has 1 aromatic heterocycles. The van der Waals surface area contributed by atoms with Crippen molar-refractivity contribution in [2.24, 2.45) is 10.8 Å². The van der Waals surface area contributed by atoms with Gasteiger partial charge < -0.3 is 15.1 Å². The molecule has 4 rings (SSSR count). The van der Waals surface area contributed by atoms with Crippen LogP contribution >= 0.6 is 0 Å². The lowest BCUT2D eigenvalue weighted by atomic mass is 9.60. The molecule has 3 saturated heterocycles. The first-order chi connectivity index (χ1) is 14.4. The Balaban J connectivity index is 1.55. The number of carbonyl (C=O) groups is 2. The number of pyridine rings is 1. The fourth-order valence-electron chi connectivity index (χ4n) is 5.94. The molecule has 0 unspecified atom stereocenters. The summed E-state index contributed by atoms with van der Waals surface area (Å²) in [4.78, 5) is 36.8. The molecule has 3 aliphatic heterocycles. The first-order valence-corrected chi connectivity index (χ1v) is 11.4. The van der Waals surface area contributed by atoms with Crippen LogP contribution in [0.3, 0.4) is 0 Å².